The third-order valence-corrected chi connectivity index (χ3v) is 4.82. The zero-order valence-electron chi connectivity index (χ0n) is 16.6. The van der Waals surface area contributed by atoms with Gasteiger partial charge in [0.1, 0.15) is 5.82 Å². The molecule has 7 heteroatoms. The fraction of sp³-hybridized carbons (Fsp3) is 0.429. The van der Waals surface area contributed by atoms with Gasteiger partial charge >= 0.3 is 6.03 Å². The van der Waals surface area contributed by atoms with Gasteiger partial charge in [-0.3, -0.25) is 0 Å². The molecule has 2 aromatic rings. The largest absolute Gasteiger partial charge is 0.355 e. The van der Waals surface area contributed by atoms with Crippen molar-refractivity contribution in [1.29, 1.82) is 0 Å². The van der Waals surface area contributed by atoms with Gasteiger partial charge in [0.25, 0.3) is 0 Å². The Hall–Kier alpha value is -2.67. The summed E-state index contributed by atoms with van der Waals surface area (Å²) < 4.78 is 13.2. The maximum atomic E-state index is 13.2. The van der Waals surface area contributed by atoms with Crippen molar-refractivity contribution in [2.75, 3.05) is 50.5 Å². The summed E-state index contributed by atoms with van der Waals surface area (Å²) >= 11 is 0. The highest BCUT2D eigenvalue weighted by atomic mass is 19.1. The van der Waals surface area contributed by atoms with Crippen LogP contribution in [0.4, 0.5) is 20.7 Å². The molecule has 0 aliphatic carbocycles. The lowest BCUT2D eigenvalue weighted by molar-refractivity contribution is 0.202. The lowest BCUT2D eigenvalue weighted by Gasteiger charge is -2.26. The van der Waals surface area contributed by atoms with E-state index in [1.807, 2.05) is 31.1 Å². The highest BCUT2D eigenvalue weighted by molar-refractivity contribution is 5.92. The van der Waals surface area contributed by atoms with Crippen molar-refractivity contribution in [1.82, 2.24) is 14.8 Å². The van der Waals surface area contributed by atoms with Gasteiger partial charge in [0.2, 0.25) is 0 Å². The molecule has 2 amide bonds. The van der Waals surface area contributed by atoms with E-state index < -0.39 is 0 Å². The predicted molar refractivity (Wildman–Crippen MR) is 110 cm³/mol. The van der Waals surface area contributed by atoms with E-state index in [1.165, 1.54) is 12.1 Å². The first-order chi connectivity index (χ1) is 13.5. The third-order valence-electron chi connectivity index (χ3n) is 4.82. The Balaban J connectivity index is 1.74. The zero-order chi connectivity index (χ0) is 19.9. The molecule has 1 aliphatic rings. The van der Waals surface area contributed by atoms with Gasteiger partial charge in [-0.15, -0.1) is 0 Å². The summed E-state index contributed by atoms with van der Waals surface area (Å²) in [4.78, 5) is 23.5. The van der Waals surface area contributed by atoms with E-state index >= 15 is 0 Å². The van der Waals surface area contributed by atoms with Crippen molar-refractivity contribution in [2.45, 2.75) is 19.4 Å². The molecule has 1 N–H and O–H groups in total. The standard InChI is InChI=1S/C21H28FN5O/c1-25(2)14-15-27(16-17-7-9-18(22)10-8-17)21(28)24-19-6-5-11-23-20(19)26-12-3-4-13-26/h5-11H,3-4,12-16H2,1-2H3,(H,24,28). The molecule has 150 valence electrons. The Morgan fingerprint density at radius 3 is 2.54 bits per heavy atom. The van der Waals surface area contributed by atoms with E-state index in [9.17, 15) is 9.18 Å². The van der Waals surface area contributed by atoms with Gasteiger partial charge < -0.3 is 20.0 Å². The molecule has 0 radical (unpaired) electrons. The SMILES string of the molecule is CN(C)CCN(Cc1ccc(F)cc1)C(=O)Nc1cccnc1N1CCCC1. The van der Waals surface area contributed by atoms with Crippen LogP contribution in [0.15, 0.2) is 42.6 Å². The fourth-order valence-corrected chi connectivity index (χ4v) is 3.25. The van der Waals surface area contributed by atoms with Crippen LogP contribution in [-0.2, 0) is 6.54 Å². The number of halogens is 1. The number of urea groups is 1. The number of nitrogens with one attached hydrogen (secondary N) is 1. The van der Waals surface area contributed by atoms with Crippen molar-refractivity contribution >= 4 is 17.5 Å². The second kappa shape index (κ2) is 9.50. The molecule has 2 heterocycles. The number of nitrogens with zero attached hydrogens (tertiary/aromatic N) is 4. The molecular weight excluding hydrogens is 357 g/mol. The number of carbonyl (C=O) groups is 1. The molecule has 0 atom stereocenters. The third kappa shape index (κ3) is 5.42. The van der Waals surface area contributed by atoms with Crippen LogP contribution in [0.25, 0.3) is 0 Å². The molecule has 0 spiro atoms. The van der Waals surface area contributed by atoms with E-state index in [0.29, 0.717) is 13.1 Å². The number of hydrogen-bond donors (Lipinski definition) is 1. The molecule has 3 rings (SSSR count). The van der Waals surface area contributed by atoms with E-state index in [4.69, 9.17) is 0 Å². The number of aromatic nitrogens is 1. The Morgan fingerprint density at radius 1 is 1.14 bits per heavy atom. The van der Waals surface area contributed by atoms with Crippen LogP contribution in [0.5, 0.6) is 0 Å². The van der Waals surface area contributed by atoms with Crippen LogP contribution in [0.3, 0.4) is 0 Å². The first-order valence-corrected chi connectivity index (χ1v) is 9.68. The van der Waals surface area contributed by atoms with Gasteiger partial charge in [0, 0.05) is 38.9 Å². The Bertz CT molecular complexity index is 775. The van der Waals surface area contributed by atoms with Crippen LogP contribution < -0.4 is 10.2 Å². The average molecular weight is 385 g/mol. The Kier molecular flexibility index (Phi) is 6.81. The lowest BCUT2D eigenvalue weighted by Crippen LogP contribution is -2.39. The molecule has 1 aromatic carbocycles. The molecule has 1 fully saturated rings. The van der Waals surface area contributed by atoms with Crippen LogP contribution >= 0.6 is 0 Å². The summed E-state index contributed by atoms with van der Waals surface area (Å²) in [5, 5.41) is 3.03. The monoisotopic (exact) mass is 385 g/mol. The summed E-state index contributed by atoms with van der Waals surface area (Å²) in [7, 11) is 3.95. The number of carbonyl (C=O) groups excluding carboxylic acids is 1. The molecule has 0 unspecified atom stereocenters. The second-order valence-corrected chi connectivity index (χ2v) is 7.35. The van der Waals surface area contributed by atoms with Gasteiger partial charge in [0.05, 0.1) is 5.69 Å². The van der Waals surface area contributed by atoms with Crippen LogP contribution in [0, 0.1) is 5.82 Å². The minimum Gasteiger partial charge on any atom is -0.355 e. The number of hydrogen-bond acceptors (Lipinski definition) is 4. The van der Waals surface area contributed by atoms with E-state index in [-0.39, 0.29) is 11.8 Å². The maximum Gasteiger partial charge on any atom is 0.322 e. The molecule has 6 nitrogen and oxygen atoms in total. The number of benzene rings is 1. The Morgan fingerprint density at radius 2 is 1.86 bits per heavy atom. The van der Waals surface area contributed by atoms with E-state index in [0.717, 1.165) is 49.5 Å². The topological polar surface area (TPSA) is 51.7 Å². The average Bonchev–Trinajstić information content (AvgIpc) is 3.21. The highest BCUT2D eigenvalue weighted by Gasteiger charge is 2.20. The van der Waals surface area contributed by atoms with E-state index in [2.05, 4.69) is 15.2 Å². The normalized spacial score (nSPS) is 13.8. The van der Waals surface area contributed by atoms with Gasteiger partial charge in [-0.2, -0.15) is 0 Å². The van der Waals surface area contributed by atoms with Crippen LogP contribution in [-0.4, -0.2) is 61.1 Å². The van der Waals surface area contributed by atoms with Gasteiger partial charge in [-0.05, 0) is 56.8 Å². The quantitative estimate of drug-likeness (QED) is 0.794. The number of pyridine rings is 1. The summed E-state index contributed by atoms with van der Waals surface area (Å²) in [6, 6.07) is 9.81. The molecule has 1 saturated heterocycles. The van der Waals surface area contributed by atoms with Crippen molar-refractivity contribution in [3.8, 4) is 0 Å². The first-order valence-electron chi connectivity index (χ1n) is 9.68. The first kappa shape index (κ1) is 20.1. The minimum atomic E-state index is -0.279. The van der Waals surface area contributed by atoms with Crippen molar-refractivity contribution in [2.24, 2.45) is 0 Å². The lowest BCUT2D eigenvalue weighted by atomic mass is 10.2. The van der Waals surface area contributed by atoms with Crippen LogP contribution in [0.2, 0.25) is 0 Å². The van der Waals surface area contributed by atoms with Crippen molar-refractivity contribution < 1.29 is 9.18 Å². The van der Waals surface area contributed by atoms with Gasteiger partial charge in [-0.1, -0.05) is 12.1 Å². The number of likely N-dealkylation sites (N-methyl/N-ethyl adjacent to an activating group) is 1. The van der Waals surface area contributed by atoms with Crippen molar-refractivity contribution in [3.05, 3.63) is 54.0 Å². The molecule has 1 aromatic heterocycles. The maximum absolute atomic E-state index is 13.2. The molecule has 0 saturated carbocycles. The zero-order valence-corrected chi connectivity index (χ0v) is 16.6. The van der Waals surface area contributed by atoms with Gasteiger partial charge in [-0.25, -0.2) is 14.2 Å². The number of amides is 2. The fourth-order valence-electron chi connectivity index (χ4n) is 3.25. The summed E-state index contributed by atoms with van der Waals surface area (Å²) in [6.45, 7) is 3.63. The second-order valence-electron chi connectivity index (χ2n) is 7.35. The van der Waals surface area contributed by atoms with Gasteiger partial charge in [0.15, 0.2) is 5.82 Å². The predicted octanol–water partition coefficient (Wildman–Crippen LogP) is 3.42. The van der Waals surface area contributed by atoms with Crippen molar-refractivity contribution in [3.63, 3.8) is 0 Å². The summed E-state index contributed by atoms with van der Waals surface area (Å²) in [5.74, 6) is 0.543. The number of rotatable bonds is 7. The van der Waals surface area contributed by atoms with E-state index in [1.54, 1.807) is 23.2 Å². The summed E-state index contributed by atoms with van der Waals surface area (Å²) in [6.07, 6.45) is 4.04. The Labute approximate surface area is 166 Å². The minimum absolute atomic E-state index is 0.181. The highest BCUT2D eigenvalue weighted by Crippen LogP contribution is 2.26. The molecule has 1 aliphatic heterocycles. The molecule has 0 bridgehead atoms. The summed E-state index contributed by atoms with van der Waals surface area (Å²) in [5.41, 5.74) is 1.62. The number of anilines is 2. The molecule has 28 heavy (non-hydrogen) atoms. The van der Waals surface area contributed by atoms with Crippen LogP contribution in [0.1, 0.15) is 18.4 Å². The smallest absolute Gasteiger partial charge is 0.322 e. The molecular formula is C21H28FN5O.